The molecule has 3 atom stereocenters. The van der Waals surface area contributed by atoms with Gasteiger partial charge >= 0.3 is 5.97 Å². The van der Waals surface area contributed by atoms with E-state index in [1.807, 2.05) is 0 Å². The van der Waals surface area contributed by atoms with E-state index >= 15 is 0 Å². The number of carbonyl (C=O) groups is 2. The molecule has 0 aromatic rings. The van der Waals surface area contributed by atoms with Gasteiger partial charge in [-0.25, -0.2) is 0 Å². The number of nitrogens with one attached hydrogen (secondary N) is 1. The summed E-state index contributed by atoms with van der Waals surface area (Å²) in [5.41, 5.74) is 0. The third kappa shape index (κ3) is 3.72. The van der Waals surface area contributed by atoms with Gasteiger partial charge in [0.05, 0.1) is 11.8 Å². The van der Waals surface area contributed by atoms with Crippen LogP contribution in [-0.2, 0) is 9.59 Å². The summed E-state index contributed by atoms with van der Waals surface area (Å²) in [4.78, 5) is 26.0. The van der Waals surface area contributed by atoms with Gasteiger partial charge < -0.3 is 15.3 Å². The van der Waals surface area contributed by atoms with Gasteiger partial charge in [0, 0.05) is 12.6 Å². The summed E-state index contributed by atoms with van der Waals surface area (Å²) in [5.74, 6) is -1.68. The highest BCUT2D eigenvalue weighted by molar-refractivity contribution is 5.85. The van der Waals surface area contributed by atoms with Crippen LogP contribution in [0.1, 0.15) is 45.4 Å². The Morgan fingerprint density at radius 2 is 1.85 bits per heavy atom. The van der Waals surface area contributed by atoms with Crippen molar-refractivity contribution < 1.29 is 14.7 Å². The van der Waals surface area contributed by atoms with Crippen molar-refractivity contribution in [2.75, 3.05) is 19.6 Å². The van der Waals surface area contributed by atoms with Crippen LogP contribution in [0, 0.1) is 11.8 Å². The first kappa shape index (κ1) is 15.3. The van der Waals surface area contributed by atoms with E-state index in [1.54, 1.807) is 0 Å². The van der Waals surface area contributed by atoms with E-state index in [0.29, 0.717) is 12.8 Å². The van der Waals surface area contributed by atoms with Crippen molar-refractivity contribution in [1.82, 2.24) is 10.2 Å². The highest BCUT2D eigenvalue weighted by Gasteiger charge is 2.36. The molecule has 0 spiro atoms. The highest BCUT2D eigenvalue weighted by atomic mass is 16.4. The molecule has 2 rings (SSSR count). The van der Waals surface area contributed by atoms with Crippen LogP contribution in [0.4, 0.5) is 0 Å². The topological polar surface area (TPSA) is 69.6 Å². The molecule has 0 aromatic carbocycles. The molecule has 1 saturated heterocycles. The number of carboxylic acid groups (broad SMARTS) is 1. The molecule has 2 N–H and O–H groups in total. The van der Waals surface area contributed by atoms with E-state index in [2.05, 4.69) is 17.1 Å². The smallest absolute Gasteiger partial charge is 0.307 e. The van der Waals surface area contributed by atoms with Crippen LogP contribution in [0.15, 0.2) is 0 Å². The Kier molecular flexibility index (Phi) is 5.40. The first-order chi connectivity index (χ1) is 9.61. The summed E-state index contributed by atoms with van der Waals surface area (Å²) in [5, 5.41) is 12.3. The van der Waals surface area contributed by atoms with Gasteiger partial charge in [-0.15, -0.1) is 0 Å². The van der Waals surface area contributed by atoms with Crippen LogP contribution in [0.25, 0.3) is 0 Å². The van der Waals surface area contributed by atoms with Crippen LogP contribution >= 0.6 is 0 Å². The maximum atomic E-state index is 12.4. The van der Waals surface area contributed by atoms with Gasteiger partial charge in [-0.2, -0.15) is 0 Å². The average molecular weight is 282 g/mol. The van der Waals surface area contributed by atoms with Gasteiger partial charge in [-0.05, 0) is 38.8 Å². The van der Waals surface area contributed by atoms with Crippen molar-refractivity contribution in [1.29, 1.82) is 0 Å². The first-order valence-corrected chi connectivity index (χ1v) is 7.87. The number of hydrogen-bond donors (Lipinski definition) is 2. The zero-order valence-electron chi connectivity index (χ0n) is 12.3. The molecule has 0 radical (unpaired) electrons. The maximum absolute atomic E-state index is 12.4. The van der Waals surface area contributed by atoms with Crippen molar-refractivity contribution in [3.8, 4) is 0 Å². The molecule has 114 valence electrons. The van der Waals surface area contributed by atoms with E-state index in [9.17, 15) is 14.7 Å². The number of nitrogens with zero attached hydrogens (tertiary/aromatic N) is 1. The molecule has 5 heteroatoms. The average Bonchev–Trinajstić information content (AvgIpc) is 2.47. The summed E-state index contributed by atoms with van der Waals surface area (Å²) >= 11 is 0. The van der Waals surface area contributed by atoms with Crippen molar-refractivity contribution >= 4 is 11.9 Å². The number of amides is 1. The molecule has 20 heavy (non-hydrogen) atoms. The second-order valence-electron chi connectivity index (χ2n) is 6.08. The number of carboxylic acids is 1. The molecule has 0 aromatic heterocycles. The third-order valence-electron chi connectivity index (χ3n) is 4.72. The number of likely N-dealkylation sites (N-methyl/N-ethyl adjacent to an activating group) is 1. The van der Waals surface area contributed by atoms with Gasteiger partial charge in [0.1, 0.15) is 0 Å². The van der Waals surface area contributed by atoms with Gasteiger partial charge in [0.15, 0.2) is 0 Å². The minimum atomic E-state index is -0.816. The van der Waals surface area contributed by atoms with E-state index in [4.69, 9.17) is 0 Å². The Bertz CT molecular complexity index is 359. The second kappa shape index (κ2) is 7.07. The molecule has 2 fully saturated rings. The molecule has 2 aliphatic rings. The van der Waals surface area contributed by atoms with Crippen molar-refractivity contribution in [3.05, 3.63) is 0 Å². The zero-order chi connectivity index (χ0) is 14.5. The fourth-order valence-electron chi connectivity index (χ4n) is 3.51. The fourth-order valence-corrected chi connectivity index (χ4v) is 3.51. The van der Waals surface area contributed by atoms with Crippen LogP contribution in [0.5, 0.6) is 0 Å². The number of likely N-dealkylation sites (tertiary alicyclic amines) is 1. The van der Waals surface area contributed by atoms with E-state index < -0.39 is 11.9 Å². The molecule has 1 aliphatic carbocycles. The largest absolute Gasteiger partial charge is 0.481 e. The molecular formula is C15H26N2O3. The van der Waals surface area contributed by atoms with Crippen molar-refractivity contribution in [2.45, 2.75) is 51.5 Å². The quantitative estimate of drug-likeness (QED) is 0.819. The van der Waals surface area contributed by atoms with Gasteiger partial charge in [-0.1, -0.05) is 19.8 Å². The lowest BCUT2D eigenvalue weighted by Gasteiger charge is -2.34. The number of aliphatic carboxylic acids is 1. The summed E-state index contributed by atoms with van der Waals surface area (Å²) in [6, 6.07) is 0.188. The van der Waals surface area contributed by atoms with Gasteiger partial charge in [-0.3, -0.25) is 9.59 Å². The Balaban J connectivity index is 1.91. The number of piperidine rings is 1. The third-order valence-corrected chi connectivity index (χ3v) is 4.72. The molecular weight excluding hydrogens is 256 g/mol. The molecule has 0 bridgehead atoms. The van der Waals surface area contributed by atoms with Crippen LogP contribution in [0.2, 0.25) is 0 Å². The Hall–Kier alpha value is -1.10. The molecule has 1 saturated carbocycles. The molecule has 1 heterocycles. The Morgan fingerprint density at radius 3 is 2.50 bits per heavy atom. The minimum Gasteiger partial charge on any atom is -0.481 e. The maximum Gasteiger partial charge on any atom is 0.307 e. The lowest BCUT2D eigenvalue weighted by atomic mass is 9.78. The zero-order valence-corrected chi connectivity index (χ0v) is 12.3. The summed E-state index contributed by atoms with van der Waals surface area (Å²) in [7, 11) is 0. The Labute approximate surface area is 120 Å². The number of hydrogen-bond acceptors (Lipinski definition) is 3. The Morgan fingerprint density at radius 1 is 1.15 bits per heavy atom. The predicted octanol–water partition coefficient (Wildman–Crippen LogP) is 1.48. The van der Waals surface area contributed by atoms with Crippen LogP contribution in [-0.4, -0.2) is 47.6 Å². The standard InChI is InChI=1S/C15H26N2O3/c1-2-17-9-5-6-11(10-17)16-14(18)12-7-3-4-8-13(12)15(19)20/h11-13H,2-10H2,1H3,(H,16,18)(H,19,20). The number of carbonyl (C=O) groups excluding carboxylic acids is 1. The minimum absolute atomic E-state index is 0.0416. The molecule has 1 amide bonds. The predicted molar refractivity (Wildman–Crippen MR) is 76.4 cm³/mol. The lowest BCUT2D eigenvalue weighted by Crippen LogP contribution is -2.50. The van der Waals surface area contributed by atoms with E-state index in [1.165, 1.54) is 0 Å². The fraction of sp³-hybridized carbons (Fsp3) is 0.867. The number of rotatable bonds is 4. The summed E-state index contributed by atoms with van der Waals surface area (Å²) in [6.07, 6.45) is 5.35. The molecule has 3 unspecified atom stereocenters. The first-order valence-electron chi connectivity index (χ1n) is 7.87. The lowest BCUT2D eigenvalue weighted by molar-refractivity contribution is -0.149. The molecule has 5 nitrogen and oxygen atoms in total. The SMILES string of the molecule is CCN1CCCC(NC(=O)C2CCCCC2C(=O)O)C1. The van der Waals surface area contributed by atoms with Crippen molar-refractivity contribution in [2.24, 2.45) is 11.8 Å². The monoisotopic (exact) mass is 282 g/mol. The van der Waals surface area contributed by atoms with Gasteiger partial charge in [0.2, 0.25) is 5.91 Å². The summed E-state index contributed by atoms with van der Waals surface area (Å²) < 4.78 is 0. The van der Waals surface area contributed by atoms with Crippen LogP contribution < -0.4 is 5.32 Å². The second-order valence-corrected chi connectivity index (χ2v) is 6.08. The molecule has 1 aliphatic heterocycles. The van der Waals surface area contributed by atoms with Gasteiger partial charge in [0.25, 0.3) is 0 Å². The summed E-state index contributed by atoms with van der Waals surface area (Å²) in [6.45, 7) is 5.14. The van der Waals surface area contributed by atoms with Crippen LogP contribution in [0.3, 0.4) is 0 Å². The van der Waals surface area contributed by atoms with E-state index in [-0.39, 0.29) is 17.9 Å². The normalized spacial score (nSPS) is 31.8. The van der Waals surface area contributed by atoms with Crippen molar-refractivity contribution in [3.63, 3.8) is 0 Å². The highest BCUT2D eigenvalue weighted by Crippen LogP contribution is 2.30. The van der Waals surface area contributed by atoms with E-state index in [0.717, 1.165) is 45.3 Å².